The van der Waals surface area contributed by atoms with E-state index in [1.165, 1.54) is 0 Å². The van der Waals surface area contributed by atoms with Gasteiger partial charge in [-0.25, -0.2) is 4.79 Å². The summed E-state index contributed by atoms with van der Waals surface area (Å²) >= 11 is 0. The molecule has 14 N–H and O–H groups in total. The molecule has 0 aliphatic heterocycles. The van der Waals surface area contributed by atoms with Gasteiger partial charge in [0.05, 0.1) is 18.9 Å². The number of aliphatic carboxylic acids is 1. The summed E-state index contributed by atoms with van der Waals surface area (Å²) in [5.41, 5.74) is 26.3. The normalized spacial score (nSPS) is 14.0. The number of unbranched alkanes of at least 4 members (excludes halogenated alkanes) is 1. The first-order chi connectivity index (χ1) is 16.3. The standard InChI is InChI=1S/C19H34N8O8/c20-6-2-1-3-10(19(34)35)25-17(32)12(8-15(24)30)27-18(33)11(7-14(23)29)26-16(31)9(21)4-5-13(22)28/h9-12H,1-8,20-21H2,(H2,22,28)(H2,23,29)(H2,24,30)(H,25,32)(H,26,31)(H,27,33)(H,34,35). The monoisotopic (exact) mass is 502 g/mol. The van der Waals surface area contributed by atoms with Gasteiger partial charge < -0.3 is 49.7 Å². The van der Waals surface area contributed by atoms with Crippen LogP contribution >= 0.6 is 0 Å². The van der Waals surface area contributed by atoms with E-state index in [-0.39, 0.29) is 19.3 Å². The molecule has 16 heteroatoms. The van der Waals surface area contributed by atoms with Gasteiger partial charge in [0.15, 0.2) is 0 Å². The molecular weight excluding hydrogens is 468 g/mol. The SMILES string of the molecule is NCCCCC(NC(=O)C(CC(N)=O)NC(=O)C(CC(N)=O)NC(=O)C(N)CCC(N)=O)C(=O)O. The molecular formula is C19H34N8O8. The van der Waals surface area contributed by atoms with Crippen LogP contribution in [-0.4, -0.2) is 77.2 Å². The van der Waals surface area contributed by atoms with Gasteiger partial charge in [-0.2, -0.15) is 0 Å². The first-order valence-electron chi connectivity index (χ1n) is 10.7. The fourth-order valence-electron chi connectivity index (χ4n) is 2.82. The Morgan fingerprint density at radius 2 is 1.11 bits per heavy atom. The molecule has 6 amide bonds. The topological polar surface area (TPSA) is 306 Å². The van der Waals surface area contributed by atoms with Crippen LogP contribution in [0.2, 0.25) is 0 Å². The van der Waals surface area contributed by atoms with Gasteiger partial charge >= 0.3 is 5.97 Å². The molecule has 0 aromatic heterocycles. The molecule has 0 saturated heterocycles. The summed E-state index contributed by atoms with van der Waals surface area (Å²) in [7, 11) is 0. The third kappa shape index (κ3) is 13.5. The van der Waals surface area contributed by atoms with Crippen LogP contribution in [0.25, 0.3) is 0 Å². The largest absolute Gasteiger partial charge is 0.480 e. The van der Waals surface area contributed by atoms with Crippen molar-refractivity contribution in [3.8, 4) is 0 Å². The lowest BCUT2D eigenvalue weighted by Crippen LogP contribution is -2.58. The minimum absolute atomic E-state index is 0.0407. The number of carboxylic acid groups (broad SMARTS) is 1. The number of carboxylic acids is 1. The summed E-state index contributed by atoms with van der Waals surface area (Å²) in [6, 6.07) is -5.79. The summed E-state index contributed by atoms with van der Waals surface area (Å²) in [5.74, 6) is -7.06. The lowest BCUT2D eigenvalue weighted by atomic mass is 10.1. The quantitative estimate of drug-likeness (QED) is 0.0803. The average Bonchev–Trinajstić information content (AvgIpc) is 2.74. The van der Waals surface area contributed by atoms with Crippen molar-refractivity contribution in [2.75, 3.05) is 6.54 Å². The molecule has 198 valence electrons. The van der Waals surface area contributed by atoms with Gasteiger partial charge in [0.25, 0.3) is 0 Å². The van der Waals surface area contributed by atoms with Crippen LogP contribution in [0.3, 0.4) is 0 Å². The van der Waals surface area contributed by atoms with E-state index in [4.69, 9.17) is 28.7 Å². The van der Waals surface area contributed by atoms with Crippen molar-refractivity contribution in [2.24, 2.45) is 28.7 Å². The highest BCUT2D eigenvalue weighted by Crippen LogP contribution is 2.04. The van der Waals surface area contributed by atoms with E-state index < -0.39 is 78.4 Å². The van der Waals surface area contributed by atoms with Gasteiger partial charge in [0.1, 0.15) is 18.1 Å². The van der Waals surface area contributed by atoms with Crippen LogP contribution in [0.5, 0.6) is 0 Å². The van der Waals surface area contributed by atoms with Crippen molar-refractivity contribution >= 4 is 41.4 Å². The molecule has 0 saturated carbocycles. The number of amides is 6. The van der Waals surface area contributed by atoms with Crippen LogP contribution in [0.1, 0.15) is 44.9 Å². The van der Waals surface area contributed by atoms with Crippen molar-refractivity contribution in [2.45, 2.75) is 69.1 Å². The molecule has 0 aromatic rings. The van der Waals surface area contributed by atoms with Crippen LogP contribution in [0.4, 0.5) is 0 Å². The summed E-state index contributed by atoms with van der Waals surface area (Å²) in [4.78, 5) is 82.7. The Morgan fingerprint density at radius 1 is 0.657 bits per heavy atom. The second-order valence-electron chi connectivity index (χ2n) is 7.76. The predicted molar refractivity (Wildman–Crippen MR) is 120 cm³/mol. The highest BCUT2D eigenvalue weighted by molar-refractivity contribution is 5.97. The second kappa shape index (κ2) is 15.9. The number of nitrogens with one attached hydrogen (secondary N) is 3. The van der Waals surface area contributed by atoms with Crippen molar-refractivity contribution in [3.05, 3.63) is 0 Å². The van der Waals surface area contributed by atoms with Crippen LogP contribution in [0.15, 0.2) is 0 Å². The van der Waals surface area contributed by atoms with E-state index in [1.54, 1.807) is 0 Å². The third-order valence-electron chi connectivity index (χ3n) is 4.68. The van der Waals surface area contributed by atoms with E-state index in [1.807, 2.05) is 0 Å². The molecule has 35 heavy (non-hydrogen) atoms. The maximum Gasteiger partial charge on any atom is 0.326 e. The van der Waals surface area contributed by atoms with Crippen LogP contribution < -0.4 is 44.6 Å². The molecule has 0 rings (SSSR count). The molecule has 0 spiro atoms. The Labute approximate surface area is 201 Å². The van der Waals surface area contributed by atoms with Crippen LogP contribution in [-0.2, 0) is 33.6 Å². The maximum absolute atomic E-state index is 12.7. The Morgan fingerprint density at radius 3 is 1.51 bits per heavy atom. The summed E-state index contributed by atoms with van der Waals surface area (Å²) in [6.07, 6.45) is -0.804. The Bertz CT molecular complexity index is 806. The third-order valence-corrected chi connectivity index (χ3v) is 4.68. The Hall–Kier alpha value is -3.79. The molecule has 0 aliphatic carbocycles. The van der Waals surface area contributed by atoms with E-state index >= 15 is 0 Å². The van der Waals surface area contributed by atoms with Gasteiger partial charge in [0, 0.05) is 6.42 Å². The van der Waals surface area contributed by atoms with Crippen molar-refractivity contribution < 1.29 is 38.7 Å². The van der Waals surface area contributed by atoms with Crippen molar-refractivity contribution in [1.82, 2.24) is 16.0 Å². The summed E-state index contributed by atoms with van der Waals surface area (Å²) in [5, 5.41) is 15.9. The fraction of sp³-hybridized carbons (Fsp3) is 0.632. The molecule has 0 heterocycles. The number of nitrogens with two attached hydrogens (primary N) is 5. The van der Waals surface area contributed by atoms with Crippen molar-refractivity contribution in [1.29, 1.82) is 0 Å². The van der Waals surface area contributed by atoms with Gasteiger partial charge in [-0.3, -0.25) is 28.8 Å². The maximum atomic E-state index is 12.7. The van der Waals surface area contributed by atoms with Crippen molar-refractivity contribution in [3.63, 3.8) is 0 Å². The van der Waals surface area contributed by atoms with Gasteiger partial charge in [0.2, 0.25) is 35.4 Å². The summed E-state index contributed by atoms with van der Waals surface area (Å²) in [6.45, 7) is 0.319. The number of carbonyl (C=O) groups excluding carboxylic acids is 6. The zero-order valence-corrected chi connectivity index (χ0v) is 19.2. The number of hydrogen-bond donors (Lipinski definition) is 9. The van der Waals surface area contributed by atoms with E-state index in [0.29, 0.717) is 19.4 Å². The Balaban J connectivity index is 5.47. The number of carbonyl (C=O) groups is 7. The van der Waals surface area contributed by atoms with E-state index in [2.05, 4.69) is 16.0 Å². The first-order valence-corrected chi connectivity index (χ1v) is 10.7. The summed E-state index contributed by atoms with van der Waals surface area (Å²) < 4.78 is 0. The number of rotatable bonds is 18. The van der Waals surface area contributed by atoms with E-state index in [9.17, 15) is 38.7 Å². The zero-order valence-electron chi connectivity index (χ0n) is 19.2. The first kappa shape index (κ1) is 31.2. The minimum atomic E-state index is -1.62. The number of primary amides is 3. The molecule has 0 radical (unpaired) electrons. The average molecular weight is 503 g/mol. The highest BCUT2D eigenvalue weighted by Gasteiger charge is 2.31. The molecule has 4 atom stereocenters. The number of hydrogen-bond acceptors (Lipinski definition) is 9. The lowest BCUT2D eigenvalue weighted by molar-refractivity contribution is -0.142. The van der Waals surface area contributed by atoms with Gasteiger partial charge in [-0.1, -0.05) is 0 Å². The lowest BCUT2D eigenvalue weighted by Gasteiger charge is -2.24. The molecule has 4 unspecified atom stereocenters. The molecule has 16 nitrogen and oxygen atoms in total. The molecule has 0 fully saturated rings. The fourth-order valence-corrected chi connectivity index (χ4v) is 2.82. The molecule has 0 aromatic carbocycles. The van der Waals surface area contributed by atoms with Gasteiger partial charge in [-0.05, 0) is 32.2 Å². The van der Waals surface area contributed by atoms with Gasteiger partial charge in [-0.15, -0.1) is 0 Å². The Kier molecular flexibility index (Phi) is 14.2. The van der Waals surface area contributed by atoms with E-state index in [0.717, 1.165) is 0 Å². The zero-order chi connectivity index (χ0) is 27.1. The minimum Gasteiger partial charge on any atom is -0.480 e. The predicted octanol–water partition coefficient (Wildman–Crippen LogP) is -5.00. The second-order valence-corrected chi connectivity index (χ2v) is 7.76. The smallest absolute Gasteiger partial charge is 0.326 e. The van der Waals surface area contributed by atoms with Crippen LogP contribution in [0, 0.1) is 0 Å². The molecule has 0 bridgehead atoms. The molecule has 0 aliphatic rings. The highest BCUT2D eigenvalue weighted by atomic mass is 16.4.